The number of benzene rings is 1. The van der Waals surface area contributed by atoms with Crippen molar-refractivity contribution in [2.45, 2.75) is 32.9 Å². The first-order valence-corrected chi connectivity index (χ1v) is 7.99. The van der Waals surface area contributed by atoms with E-state index >= 15 is 0 Å². The van der Waals surface area contributed by atoms with Gasteiger partial charge in [-0.05, 0) is 29.8 Å². The Morgan fingerprint density at radius 1 is 1.28 bits per heavy atom. The Labute approximate surface area is 145 Å². The van der Waals surface area contributed by atoms with E-state index < -0.39 is 6.04 Å². The summed E-state index contributed by atoms with van der Waals surface area (Å²) >= 11 is 0. The van der Waals surface area contributed by atoms with E-state index in [1.807, 2.05) is 44.2 Å². The van der Waals surface area contributed by atoms with Crippen molar-refractivity contribution in [3.05, 3.63) is 59.2 Å². The highest BCUT2D eigenvalue weighted by molar-refractivity contribution is 5.80. The van der Waals surface area contributed by atoms with Crippen LogP contribution in [0.3, 0.4) is 0 Å². The second kappa shape index (κ2) is 7.25. The summed E-state index contributed by atoms with van der Waals surface area (Å²) in [4.78, 5) is 14.7. The van der Waals surface area contributed by atoms with Crippen molar-refractivity contribution in [3.63, 3.8) is 0 Å². The largest absolute Gasteiger partial charge is 0.361 e. The first-order chi connectivity index (χ1) is 12.1. The molecule has 0 N–H and O–H groups in total. The summed E-state index contributed by atoms with van der Waals surface area (Å²) in [6.45, 7) is 4.14. The molecule has 1 atom stereocenters. The topological polar surface area (TPSA) is 89.9 Å². The molecule has 25 heavy (non-hydrogen) atoms. The zero-order valence-electron chi connectivity index (χ0n) is 14.5. The SMILES string of the molecule is Cc1noc(C)c1CN(C)C(=O)C(Cc1ccccc1)n1cnnn1. The van der Waals surface area contributed by atoms with Crippen LogP contribution < -0.4 is 0 Å². The van der Waals surface area contributed by atoms with Gasteiger partial charge in [-0.3, -0.25) is 4.79 Å². The van der Waals surface area contributed by atoms with E-state index in [4.69, 9.17) is 4.52 Å². The molecule has 0 aliphatic heterocycles. The van der Waals surface area contributed by atoms with Gasteiger partial charge < -0.3 is 9.42 Å². The van der Waals surface area contributed by atoms with Crippen LogP contribution >= 0.6 is 0 Å². The molecule has 1 amide bonds. The second-order valence-electron chi connectivity index (χ2n) is 5.99. The van der Waals surface area contributed by atoms with Crippen LogP contribution in [0, 0.1) is 13.8 Å². The maximum absolute atomic E-state index is 13.1. The second-order valence-corrected chi connectivity index (χ2v) is 5.99. The minimum Gasteiger partial charge on any atom is -0.361 e. The molecule has 0 saturated carbocycles. The van der Waals surface area contributed by atoms with Crippen LogP contribution in [-0.4, -0.2) is 43.2 Å². The zero-order chi connectivity index (χ0) is 17.8. The fourth-order valence-electron chi connectivity index (χ4n) is 2.74. The van der Waals surface area contributed by atoms with E-state index in [-0.39, 0.29) is 5.91 Å². The molecule has 130 valence electrons. The molecule has 0 aliphatic rings. The number of carbonyl (C=O) groups excluding carboxylic acids is 1. The normalized spacial score (nSPS) is 12.1. The van der Waals surface area contributed by atoms with Crippen molar-refractivity contribution in [3.8, 4) is 0 Å². The minimum absolute atomic E-state index is 0.0730. The first kappa shape index (κ1) is 16.8. The van der Waals surface area contributed by atoms with Gasteiger partial charge in [0.25, 0.3) is 0 Å². The van der Waals surface area contributed by atoms with Crippen molar-refractivity contribution >= 4 is 5.91 Å². The lowest BCUT2D eigenvalue weighted by Crippen LogP contribution is -2.35. The van der Waals surface area contributed by atoms with Crippen LogP contribution in [0.2, 0.25) is 0 Å². The summed E-state index contributed by atoms with van der Waals surface area (Å²) in [5.74, 6) is 0.648. The predicted octanol–water partition coefficient (Wildman–Crippen LogP) is 1.72. The minimum atomic E-state index is -0.511. The number of nitrogens with zero attached hydrogens (tertiary/aromatic N) is 6. The van der Waals surface area contributed by atoms with Gasteiger partial charge in [0.15, 0.2) is 0 Å². The number of aryl methyl sites for hydroxylation is 2. The molecular weight excluding hydrogens is 320 g/mol. The number of likely N-dealkylation sites (N-methyl/N-ethyl adjacent to an activating group) is 1. The highest BCUT2D eigenvalue weighted by Gasteiger charge is 2.26. The van der Waals surface area contributed by atoms with Gasteiger partial charge in [-0.1, -0.05) is 35.5 Å². The third-order valence-corrected chi connectivity index (χ3v) is 4.19. The van der Waals surface area contributed by atoms with Crippen LogP contribution in [0.5, 0.6) is 0 Å². The van der Waals surface area contributed by atoms with E-state index in [0.717, 1.165) is 22.6 Å². The predicted molar refractivity (Wildman–Crippen MR) is 89.5 cm³/mol. The van der Waals surface area contributed by atoms with Crippen molar-refractivity contribution in [1.82, 2.24) is 30.3 Å². The molecule has 1 aromatic carbocycles. The number of carbonyl (C=O) groups is 1. The molecule has 0 bridgehead atoms. The molecule has 0 radical (unpaired) electrons. The van der Waals surface area contributed by atoms with Crippen LogP contribution in [0.25, 0.3) is 0 Å². The van der Waals surface area contributed by atoms with Gasteiger partial charge in [0.1, 0.15) is 18.1 Å². The third-order valence-electron chi connectivity index (χ3n) is 4.19. The Balaban J connectivity index is 1.81. The molecule has 1 unspecified atom stereocenters. The van der Waals surface area contributed by atoms with Crippen LogP contribution in [0.4, 0.5) is 0 Å². The smallest absolute Gasteiger partial charge is 0.247 e. The molecule has 2 heterocycles. The molecule has 8 heteroatoms. The number of hydrogen-bond acceptors (Lipinski definition) is 6. The fourth-order valence-corrected chi connectivity index (χ4v) is 2.74. The Morgan fingerprint density at radius 2 is 2.04 bits per heavy atom. The summed E-state index contributed by atoms with van der Waals surface area (Å²) in [6, 6.07) is 9.30. The van der Waals surface area contributed by atoms with E-state index in [9.17, 15) is 4.79 Å². The van der Waals surface area contributed by atoms with Gasteiger partial charge in [-0.2, -0.15) is 0 Å². The summed E-state index contributed by atoms with van der Waals surface area (Å²) in [7, 11) is 1.76. The van der Waals surface area contributed by atoms with Gasteiger partial charge in [0.05, 0.1) is 12.2 Å². The van der Waals surface area contributed by atoms with Crippen LogP contribution in [0.15, 0.2) is 41.2 Å². The van der Waals surface area contributed by atoms with Crippen molar-refractivity contribution in [2.24, 2.45) is 0 Å². The molecule has 2 aromatic heterocycles. The summed E-state index contributed by atoms with van der Waals surface area (Å²) in [5, 5.41) is 15.2. The molecule has 8 nitrogen and oxygen atoms in total. The van der Waals surface area contributed by atoms with Gasteiger partial charge in [0, 0.05) is 19.0 Å². The quantitative estimate of drug-likeness (QED) is 0.679. The average molecular weight is 340 g/mol. The Kier molecular flexibility index (Phi) is 4.87. The average Bonchev–Trinajstić information content (AvgIpc) is 3.25. The lowest BCUT2D eigenvalue weighted by molar-refractivity contribution is -0.134. The zero-order valence-corrected chi connectivity index (χ0v) is 14.5. The maximum atomic E-state index is 13.1. The third kappa shape index (κ3) is 3.73. The van der Waals surface area contributed by atoms with E-state index in [1.165, 1.54) is 11.0 Å². The van der Waals surface area contributed by atoms with Gasteiger partial charge >= 0.3 is 0 Å². The molecule has 3 aromatic rings. The van der Waals surface area contributed by atoms with E-state index in [1.54, 1.807) is 11.9 Å². The number of rotatable bonds is 6. The number of hydrogen-bond donors (Lipinski definition) is 0. The highest BCUT2D eigenvalue weighted by Crippen LogP contribution is 2.19. The molecule has 0 aliphatic carbocycles. The molecule has 0 fully saturated rings. The van der Waals surface area contributed by atoms with E-state index in [2.05, 4.69) is 20.7 Å². The maximum Gasteiger partial charge on any atom is 0.247 e. The van der Waals surface area contributed by atoms with Crippen LogP contribution in [0.1, 0.15) is 28.6 Å². The Morgan fingerprint density at radius 3 is 2.64 bits per heavy atom. The van der Waals surface area contributed by atoms with Gasteiger partial charge in [0.2, 0.25) is 5.91 Å². The molecule has 0 saturated heterocycles. The molecular formula is C17H20N6O2. The lowest BCUT2D eigenvalue weighted by Gasteiger charge is -2.23. The summed E-state index contributed by atoms with van der Waals surface area (Å²) in [5.41, 5.74) is 2.76. The fraction of sp³-hybridized carbons (Fsp3) is 0.353. The van der Waals surface area contributed by atoms with Crippen molar-refractivity contribution in [1.29, 1.82) is 0 Å². The Hall–Kier alpha value is -3.03. The molecule has 3 rings (SSSR count). The number of tetrazole rings is 1. The summed E-state index contributed by atoms with van der Waals surface area (Å²) in [6.07, 6.45) is 1.98. The molecule has 0 spiro atoms. The van der Waals surface area contributed by atoms with Gasteiger partial charge in [-0.25, -0.2) is 4.68 Å². The Bertz CT molecular complexity index is 809. The van der Waals surface area contributed by atoms with Crippen LogP contribution in [-0.2, 0) is 17.8 Å². The lowest BCUT2D eigenvalue weighted by atomic mass is 10.0. The number of aromatic nitrogens is 5. The van der Waals surface area contributed by atoms with Crippen molar-refractivity contribution in [2.75, 3.05) is 7.05 Å². The standard InChI is InChI=1S/C17H20N6O2/c1-12-15(13(2)25-19-12)10-22(3)17(24)16(23-11-18-20-21-23)9-14-7-5-4-6-8-14/h4-8,11,16H,9-10H2,1-3H3. The summed E-state index contributed by atoms with van der Waals surface area (Å²) < 4.78 is 6.68. The van der Waals surface area contributed by atoms with Gasteiger partial charge in [-0.15, -0.1) is 5.10 Å². The number of amides is 1. The first-order valence-electron chi connectivity index (χ1n) is 7.99. The van der Waals surface area contributed by atoms with Crippen molar-refractivity contribution < 1.29 is 9.32 Å². The highest BCUT2D eigenvalue weighted by atomic mass is 16.5. The van der Waals surface area contributed by atoms with E-state index in [0.29, 0.717) is 13.0 Å². The monoisotopic (exact) mass is 340 g/mol.